The summed E-state index contributed by atoms with van der Waals surface area (Å²) >= 11 is 1.37. The number of nitrogens with one attached hydrogen (secondary N) is 3. The normalized spacial score (nSPS) is 20.3. The van der Waals surface area contributed by atoms with E-state index >= 15 is 0 Å². The Hall–Kier alpha value is -3.03. The number of amides is 1. The number of hydrogen-bond donors (Lipinski definition) is 3. The van der Waals surface area contributed by atoms with E-state index in [0.29, 0.717) is 28.8 Å². The molecule has 10 nitrogen and oxygen atoms in total. The highest BCUT2D eigenvalue weighted by molar-refractivity contribution is 7.91. The van der Waals surface area contributed by atoms with E-state index < -0.39 is 15.9 Å². The lowest BCUT2D eigenvalue weighted by molar-refractivity contribution is -0.122. The lowest BCUT2D eigenvalue weighted by Crippen LogP contribution is -2.53. The van der Waals surface area contributed by atoms with Crippen molar-refractivity contribution in [3.63, 3.8) is 0 Å². The topological polar surface area (TPSA) is 139 Å². The van der Waals surface area contributed by atoms with Gasteiger partial charge in [0.25, 0.3) is 0 Å². The molecule has 190 valence electrons. The van der Waals surface area contributed by atoms with Gasteiger partial charge in [-0.25, -0.2) is 17.8 Å². The van der Waals surface area contributed by atoms with Crippen LogP contribution in [0.3, 0.4) is 0 Å². The van der Waals surface area contributed by atoms with Crippen molar-refractivity contribution < 1.29 is 17.6 Å². The van der Waals surface area contributed by atoms with Crippen LogP contribution in [0.25, 0.3) is 10.7 Å². The summed E-state index contributed by atoms with van der Waals surface area (Å²) in [7, 11) is -3.20. The molecule has 3 N–H and O–H groups in total. The number of halogens is 1. The van der Waals surface area contributed by atoms with E-state index in [2.05, 4.69) is 36.1 Å². The first-order valence-corrected chi connectivity index (χ1v) is 14.3. The number of thiazole rings is 1. The van der Waals surface area contributed by atoms with Gasteiger partial charge in [0.2, 0.25) is 5.91 Å². The fraction of sp³-hybridized carbons (Fsp3) is 0.435. The molecule has 1 aliphatic heterocycles. The van der Waals surface area contributed by atoms with Gasteiger partial charge in [0.15, 0.2) is 9.84 Å². The van der Waals surface area contributed by atoms with Gasteiger partial charge in [-0.15, -0.1) is 21.5 Å². The standard InChI is InChI=1S/C23H26FN7O3S2/c24-16-3-1-8-26-20(16)23(6-2-7-23)14-29-19-5-4-17(30-31-19)22-28-12-15(35-22)11-27-21(32)18-13-36(33,34)10-9-25-18/h1,3-5,8,12,18,25H,2,6-7,9-11,13-14H2,(H,27,32)(H,29,31)/t18-/m0/s1. The minimum Gasteiger partial charge on any atom is -0.368 e. The SMILES string of the molecule is O=C(NCc1cnc(-c2ccc(NCC3(c4ncccc4F)CCC3)nn2)s1)[C@@H]1CS(=O)(=O)CCN1. The summed E-state index contributed by atoms with van der Waals surface area (Å²) in [5, 5.41) is 18.1. The minimum atomic E-state index is -3.20. The lowest BCUT2D eigenvalue weighted by atomic mass is 9.66. The zero-order valence-corrected chi connectivity index (χ0v) is 21.0. The highest BCUT2D eigenvalue weighted by Gasteiger charge is 2.41. The molecule has 1 saturated heterocycles. The average molecular weight is 532 g/mol. The summed E-state index contributed by atoms with van der Waals surface area (Å²) in [6.45, 7) is 1.04. The fourth-order valence-corrected chi connectivity index (χ4v) is 6.63. The molecule has 0 bridgehead atoms. The molecule has 0 radical (unpaired) electrons. The number of nitrogens with zero attached hydrogens (tertiary/aromatic N) is 4. The molecule has 0 spiro atoms. The van der Waals surface area contributed by atoms with E-state index in [9.17, 15) is 17.6 Å². The third-order valence-electron chi connectivity index (χ3n) is 6.59. The van der Waals surface area contributed by atoms with Crippen molar-refractivity contribution in [2.24, 2.45) is 0 Å². The number of anilines is 1. The summed E-state index contributed by atoms with van der Waals surface area (Å²) in [5.74, 6) is -0.191. The fourth-order valence-electron chi connectivity index (χ4n) is 4.44. The highest BCUT2D eigenvalue weighted by atomic mass is 32.2. The van der Waals surface area contributed by atoms with Crippen LogP contribution in [0.1, 0.15) is 29.8 Å². The molecule has 1 aliphatic carbocycles. The maximum absolute atomic E-state index is 14.3. The Labute approximate surface area is 212 Å². The average Bonchev–Trinajstić information content (AvgIpc) is 3.32. The molecule has 2 aliphatic rings. The van der Waals surface area contributed by atoms with Crippen LogP contribution in [0.2, 0.25) is 0 Å². The molecular weight excluding hydrogens is 505 g/mol. The largest absolute Gasteiger partial charge is 0.368 e. The molecular formula is C23H26FN7O3S2. The maximum atomic E-state index is 14.3. The smallest absolute Gasteiger partial charge is 0.238 e. The third kappa shape index (κ3) is 5.37. The van der Waals surface area contributed by atoms with E-state index in [-0.39, 0.29) is 41.7 Å². The van der Waals surface area contributed by atoms with Crippen molar-refractivity contribution >= 4 is 32.9 Å². The van der Waals surface area contributed by atoms with Gasteiger partial charge >= 0.3 is 0 Å². The van der Waals surface area contributed by atoms with Crippen molar-refractivity contribution in [1.29, 1.82) is 0 Å². The zero-order valence-electron chi connectivity index (χ0n) is 19.4. The van der Waals surface area contributed by atoms with Crippen LogP contribution in [0.15, 0.2) is 36.7 Å². The van der Waals surface area contributed by atoms with Crippen LogP contribution in [0.4, 0.5) is 10.2 Å². The number of pyridine rings is 1. The monoisotopic (exact) mass is 531 g/mol. The van der Waals surface area contributed by atoms with Gasteiger partial charge in [-0.05, 0) is 37.1 Å². The molecule has 1 atom stereocenters. The highest BCUT2D eigenvalue weighted by Crippen LogP contribution is 2.43. The van der Waals surface area contributed by atoms with E-state index in [0.717, 1.165) is 24.1 Å². The minimum absolute atomic E-state index is 0.0496. The van der Waals surface area contributed by atoms with E-state index in [1.165, 1.54) is 17.4 Å². The van der Waals surface area contributed by atoms with E-state index in [1.807, 2.05) is 12.1 Å². The molecule has 4 heterocycles. The Kier molecular flexibility index (Phi) is 6.95. The van der Waals surface area contributed by atoms with Crippen molar-refractivity contribution in [3.05, 3.63) is 53.0 Å². The Bertz CT molecular complexity index is 1340. The number of hydrogen-bond acceptors (Lipinski definition) is 10. The second kappa shape index (κ2) is 10.1. The lowest BCUT2D eigenvalue weighted by Gasteiger charge is -2.41. The van der Waals surface area contributed by atoms with Crippen LogP contribution in [-0.2, 0) is 26.6 Å². The van der Waals surface area contributed by atoms with Crippen molar-refractivity contribution in [3.8, 4) is 10.7 Å². The van der Waals surface area contributed by atoms with Gasteiger partial charge < -0.3 is 16.0 Å². The third-order valence-corrected chi connectivity index (χ3v) is 9.28. The van der Waals surface area contributed by atoms with Crippen molar-refractivity contribution in [2.75, 3.05) is 29.9 Å². The second-order valence-electron chi connectivity index (χ2n) is 9.10. The second-order valence-corrected chi connectivity index (χ2v) is 12.4. The Balaban J connectivity index is 1.16. The summed E-state index contributed by atoms with van der Waals surface area (Å²) in [4.78, 5) is 21.8. The zero-order chi connectivity index (χ0) is 25.2. The Morgan fingerprint density at radius 3 is 2.78 bits per heavy atom. The number of sulfone groups is 1. The van der Waals surface area contributed by atoms with Crippen molar-refractivity contribution in [2.45, 2.75) is 37.3 Å². The molecule has 3 aromatic heterocycles. The first kappa shape index (κ1) is 24.7. The molecule has 5 rings (SSSR count). The molecule has 0 aromatic carbocycles. The van der Waals surface area contributed by atoms with Crippen LogP contribution in [0.5, 0.6) is 0 Å². The first-order valence-electron chi connectivity index (χ1n) is 11.7. The molecule has 3 aromatic rings. The van der Waals surface area contributed by atoms with Gasteiger partial charge in [-0.2, -0.15) is 0 Å². The number of carbonyl (C=O) groups excluding carboxylic acids is 1. The van der Waals surface area contributed by atoms with Gasteiger partial charge in [-0.1, -0.05) is 6.42 Å². The number of aromatic nitrogens is 4. The van der Waals surface area contributed by atoms with E-state index in [1.54, 1.807) is 18.5 Å². The Morgan fingerprint density at radius 2 is 2.08 bits per heavy atom. The molecule has 2 fully saturated rings. The molecule has 36 heavy (non-hydrogen) atoms. The molecule has 1 amide bonds. The summed E-state index contributed by atoms with van der Waals surface area (Å²) in [6.07, 6.45) is 6.04. The van der Waals surface area contributed by atoms with Crippen molar-refractivity contribution in [1.82, 2.24) is 30.8 Å². The Morgan fingerprint density at radius 1 is 1.22 bits per heavy atom. The first-order chi connectivity index (χ1) is 17.3. The summed E-state index contributed by atoms with van der Waals surface area (Å²) < 4.78 is 37.8. The predicted octanol–water partition coefficient (Wildman–Crippen LogP) is 1.67. The quantitative estimate of drug-likeness (QED) is 0.396. The van der Waals surface area contributed by atoms with Crippen LogP contribution >= 0.6 is 11.3 Å². The van der Waals surface area contributed by atoms with Crippen LogP contribution in [-0.4, -0.2) is 65.1 Å². The summed E-state index contributed by atoms with van der Waals surface area (Å²) in [6, 6.07) is 5.92. The summed E-state index contributed by atoms with van der Waals surface area (Å²) in [5.41, 5.74) is 0.756. The van der Waals surface area contributed by atoms with Crippen LogP contribution < -0.4 is 16.0 Å². The van der Waals surface area contributed by atoms with Crippen LogP contribution in [0, 0.1) is 5.82 Å². The van der Waals surface area contributed by atoms with Gasteiger partial charge in [0, 0.05) is 35.8 Å². The maximum Gasteiger partial charge on any atom is 0.238 e. The van der Waals surface area contributed by atoms with Gasteiger partial charge in [0.05, 0.1) is 23.7 Å². The predicted molar refractivity (Wildman–Crippen MR) is 134 cm³/mol. The van der Waals surface area contributed by atoms with Gasteiger partial charge in [-0.3, -0.25) is 9.78 Å². The molecule has 1 saturated carbocycles. The number of carbonyl (C=O) groups is 1. The van der Waals surface area contributed by atoms with E-state index in [4.69, 9.17) is 0 Å². The molecule has 13 heteroatoms. The molecule has 0 unspecified atom stereocenters. The number of rotatable bonds is 8. The van der Waals surface area contributed by atoms with Gasteiger partial charge in [0.1, 0.15) is 28.4 Å².